The molecule has 1 atom stereocenters. The van der Waals surface area contributed by atoms with Crippen molar-refractivity contribution in [2.45, 2.75) is 58.5 Å². The third-order valence-electron chi connectivity index (χ3n) is 3.14. The molecule has 2 N–H and O–H groups in total. The lowest BCUT2D eigenvalue weighted by molar-refractivity contribution is -0.117. The van der Waals surface area contributed by atoms with Gasteiger partial charge in [0.05, 0.1) is 5.60 Å². The number of aliphatic hydroxyl groups is 1. The van der Waals surface area contributed by atoms with E-state index in [2.05, 4.69) is 18.3 Å². The van der Waals surface area contributed by atoms with E-state index in [1.165, 1.54) is 0 Å². The Bertz CT molecular complexity index is 404. The van der Waals surface area contributed by atoms with Crippen molar-refractivity contribution in [3.63, 3.8) is 0 Å². The van der Waals surface area contributed by atoms with E-state index in [0.29, 0.717) is 13.0 Å². The molecule has 0 bridgehead atoms. The average Bonchev–Trinajstić information content (AvgIpc) is 2.49. The maximum absolute atomic E-state index is 11.6. The predicted octanol–water partition coefficient (Wildman–Crippen LogP) is 4.07. The molecule has 22 heavy (non-hydrogen) atoms. The van der Waals surface area contributed by atoms with Gasteiger partial charge < -0.3 is 10.4 Å². The van der Waals surface area contributed by atoms with Gasteiger partial charge in [0.1, 0.15) is 0 Å². The number of carbonyl (C=O) groups is 1. The third-order valence-corrected chi connectivity index (χ3v) is 3.14. The SMILES string of the molecule is CC=CC=CC=CCCC=CC(=O)NCC(C)(O)CCCC. The van der Waals surface area contributed by atoms with Crippen LogP contribution in [-0.4, -0.2) is 23.2 Å². The van der Waals surface area contributed by atoms with Crippen molar-refractivity contribution in [3.05, 3.63) is 48.6 Å². The molecule has 0 aliphatic carbocycles. The number of unbranched alkanes of at least 4 members (excludes halogenated alkanes) is 2. The molecule has 124 valence electrons. The summed E-state index contributed by atoms with van der Waals surface area (Å²) in [5.74, 6) is -0.145. The Balaban J connectivity index is 3.83. The summed E-state index contributed by atoms with van der Waals surface area (Å²) in [6, 6.07) is 0. The van der Waals surface area contributed by atoms with Gasteiger partial charge in [-0.15, -0.1) is 0 Å². The second-order valence-corrected chi connectivity index (χ2v) is 5.64. The van der Waals surface area contributed by atoms with E-state index in [1.807, 2.05) is 43.4 Å². The largest absolute Gasteiger partial charge is 0.388 e. The number of hydrogen-bond acceptors (Lipinski definition) is 2. The molecule has 0 saturated carbocycles. The molecule has 3 heteroatoms. The Kier molecular flexibility index (Phi) is 12.1. The van der Waals surface area contributed by atoms with Crippen molar-refractivity contribution < 1.29 is 9.90 Å². The number of allylic oxidation sites excluding steroid dienone is 7. The van der Waals surface area contributed by atoms with Crippen molar-refractivity contribution in [1.29, 1.82) is 0 Å². The second-order valence-electron chi connectivity index (χ2n) is 5.64. The topological polar surface area (TPSA) is 49.3 Å². The summed E-state index contributed by atoms with van der Waals surface area (Å²) in [6.45, 7) is 6.12. The predicted molar refractivity (Wildman–Crippen MR) is 94.6 cm³/mol. The summed E-state index contributed by atoms with van der Waals surface area (Å²) in [7, 11) is 0. The molecule has 0 heterocycles. The molecule has 3 nitrogen and oxygen atoms in total. The monoisotopic (exact) mass is 305 g/mol. The Hall–Kier alpha value is -1.61. The Morgan fingerprint density at radius 2 is 1.82 bits per heavy atom. The van der Waals surface area contributed by atoms with Crippen LogP contribution < -0.4 is 5.32 Å². The molecule has 1 unspecified atom stereocenters. The van der Waals surface area contributed by atoms with Gasteiger partial charge in [-0.25, -0.2) is 0 Å². The van der Waals surface area contributed by atoms with Crippen LogP contribution in [0.4, 0.5) is 0 Å². The average molecular weight is 305 g/mol. The van der Waals surface area contributed by atoms with E-state index < -0.39 is 5.60 Å². The Labute approximate surface area is 135 Å². The molecule has 0 rings (SSSR count). The molecule has 1 amide bonds. The molecule has 0 aromatic heterocycles. The number of hydrogen-bond donors (Lipinski definition) is 2. The number of nitrogens with one attached hydrogen (secondary N) is 1. The van der Waals surface area contributed by atoms with Gasteiger partial charge in [0.25, 0.3) is 0 Å². The summed E-state index contributed by atoms with van der Waals surface area (Å²) >= 11 is 0. The van der Waals surface area contributed by atoms with E-state index in [9.17, 15) is 9.90 Å². The number of amides is 1. The van der Waals surface area contributed by atoms with Crippen molar-refractivity contribution in [1.82, 2.24) is 5.32 Å². The minimum Gasteiger partial charge on any atom is -0.388 e. The van der Waals surface area contributed by atoms with Crippen LogP contribution in [0.15, 0.2) is 48.6 Å². The van der Waals surface area contributed by atoms with Gasteiger partial charge in [-0.1, -0.05) is 62.3 Å². The highest BCUT2D eigenvalue weighted by Gasteiger charge is 2.19. The molecule has 0 aromatic rings. The maximum Gasteiger partial charge on any atom is 0.243 e. The zero-order valence-corrected chi connectivity index (χ0v) is 14.2. The van der Waals surface area contributed by atoms with E-state index in [-0.39, 0.29) is 5.91 Å². The molecule has 0 spiro atoms. The summed E-state index contributed by atoms with van der Waals surface area (Å²) < 4.78 is 0. The first-order valence-corrected chi connectivity index (χ1v) is 8.13. The molecular weight excluding hydrogens is 274 g/mol. The zero-order valence-electron chi connectivity index (χ0n) is 14.2. The normalized spacial score (nSPS) is 15.3. The smallest absolute Gasteiger partial charge is 0.243 e. The molecule has 0 fully saturated rings. The Morgan fingerprint density at radius 3 is 2.50 bits per heavy atom. The zero-order chi connectivity index (χ0) is 16.7. The fourth-order valence-corrected chi connectivity index (χ4v) is 1.78. The van der Waals surface area contributed by atoms with E-state index in [0.717, 1.165) is 25.7 Å². The minimum absolute atomic E-state index is 0.145. The first-order valence-electron chi connectivity index (χ1n) is 8.13. The van der Waals surface area contributed by atoms with Crippen LogP contribution in [0.5, 0.6) is 0 Å². The van der Waals surface area contributed by atoms with Crippen LogP contribution in [-0.2, 0) is 4.79 Å². The van der Waals surface area contributed by atoms with Gasteiger partial charge >= 0.3 is 0 Å². The highest BCUT2D eigenvalue weighted by molar-refractivity contribution is 5.87. The quantitative estimate of drug-likeness (QED) is 0.343. The number of rotatable bonds is 11. The summed E-state index contributed by atoms with van der Waals surface area (Å²) in [5.41, 5.74) is -0.818. The molecular formula is C19H31NO2. The van der Waals surface area contributed by atoms with Gasteiger partial charge in [-0.2, -0.15) is 0 Å². The van der Waals surface area contributed by atoms with Crippen LogP contribution >= 0.6 is 0 Å². The van der Waals surface area contributed by atoms with E-state index >= 15 is 0 Å². The van der Waals surface area contributed by atoms with Gasteiger partial charge in [0.15, 0.2) is 0 Å². The Morgan fingerprint density at radius 1 is 1.14 bits per heavy atom. The lowest BCUT2D eigenvalue weighted by Crippen LogP contribution is -2.39. The van der Waals surface area contributed by atoms with Crippen molar-refractivity contribution >= 4 is 5.91 Å². The van der Waals surface area contributed by atoms with Crippen LogP contribution in [0.3, 0.4) is 0 Å². The highest BCUT2D eigenvalue weighted by atomic mass is 16.3. The molecule has 0 radical (unpaired) electrons. The van der Waals surface area contributed by atoms with E-state index in [1.54, 1.807) is 13.0 Å². The lowest BCUT2D eigenvalue weighted by Gasteiger charge is -2.22. The first kappa shape index (κ1) is 20.4. The van der Waals surface area contributed by atoms with Crippen LogP contribution in [0, 0.1) is 0 Å². The number of carbonyl (C=O) groups excluding carboxylic acids is 1. The van der Waals surface area contributed by atoms with Gasteiger partial charge in [0.2, 0.25) is 5.91 Å². The summed E-state index contributed by atoms with van der Waals surface area (Å²) in [6.07, 6.45) is 19.8. The van der Waals surface area contributed by atoms with Crippen molar-refractivity contribution in [2.24, 2.45) is 0 Å². The van der Waals surface area contributed by atoms with Crippen molar-refractivity contribution in [2.75, 3.05) is 6.54 Å². The fraction of sp³-hybridized carbons (Fsp3) is 0.526. The lowest BCUT2D eigenvalue weighted by atomic mass is 9.99. The molecule has 0 aromatic carbocycles. The first-order chi connectivity index (χ1) is 10.5. The van der Waals surface area contributed by atoms with Gasteiger partial charge in [0, 0.05) is 6.54 Å². The van der Waals surface area contributed by atoms with Gasteiger partial charge in [-0.3, -0.25) is 4.79 Å². The maximum atomic E-state index is 11.6. The molecule has 0 saturated heterocycles. The third kappa shape index (κ3) is 13.4. The highest BCUT2D eigenvalue weighted by Crippen LogP contribution is 2.12. The second kappa shape index (κ2) is 13.1. The van der Waals surface area contributed by atoms with Crippen molar-refractivity contribution in [3.8, 4) is 0 Å². The van der Waals surface area contributed by atoms with Crippen LogP contribution in [0.25, 0.3) is 0 Å². The fourth-order valence-electron chi connectivity index (χ4n) is 1.78. The standard InChI is InChI=1S/C19H31NO2/c1-4-6-8-9-10-11-12-13-14-15-18(21)20-17-19(3,22)16-7-5-2/h4,6,8-11,14-15,22H,5,7,12-13,16-17H2,1-3H3,(H,20,21). The summed E-state index contributed by atoms with van der Waals surface area (Å²) in [4.78, 5) is 11.6. The minimum atomic E-state index is -0.818. The molecule has 0 aliphatic heterocycles. The summed E-state index contributed by atoms with van der Waals surface area (Å²) in [5, 5.41) is 12.8. The van der Waals surface area contributed by atoms with Crippen LogP contribution in [0.2, 0.25) is 0 Å². The van der Waals surface area contributed by atoms with E-state index in [4.69, 9.17) is 0 Å². The molecule has 0 aliphatic rings. The van der Waals surface area contributed by atoms with Gasteiger partial charge in [-0.05, 0) is 39.2 Å². The van der Waals surface area contributed by atoms with Crippen LogP contribution in [0.1, 0.15) is 52.9 Å².